The fourth-order valence-electron chi connectivity index (χ4n) is 4.32. The topological polar surface area (TPSA) is 79.6 Å². The zero-order valence-electron chi connectivity index (χ0n) is 18.9. The van der Waals surface area contributed by atoms with E-state index in [1.165, 1.54) is 6.07 Å². The number of benzene rings is 1. The molecule has 178 valence electrons. The first-order valence-corrected chi connectivity index (χ1v) is 11.8. The van der Waals surface area contributed by atoms with Gasteiger partial charge in [0, 0.05) is 55.1 Å². The highest BCUT2D eigenvalue weighted by Gasteiger charge is 2.19. The van der Waals surface area contributed by atoms with Crippen LogP contribution < -0.4 is 5.32 Å². The SMILES string of the molecule is O=C(NCCCN1CCCC1=O)c1cnc2ccc(-c3cccnc3-c3ccc(F)c(Cl)c3)cn12. The number of rotatable bonds is 7. The number of nitrogens with one attached hydrogen (secondary N) is 1. The fraction of sp³-hybridized carbons (Fsp3) is 0.231. The predicted molar refractivity (Wildman–Crippen MR) is 132 cm³/mol. The Balaban J connectivity index is 1.37. The van der Waals surface area contributed by atoms with Gasteiger partial charge < -0.3 is 10.2 Å². The van der Waals surface area contributed by atoms with Gasteiger partial charge in [-0.3, -0.25) is 19.0 Å². The van der Waals surface area contributed by atoms with Crippen molar-refractivity contribution in [1.29, 1.82) is 0 Å². The summed E-state index contributed by atoms with van der Waals surface area (Å²) < 4.78 is 15.4. The number of hydrogen-bond acceptors (Lipinski definition) is 4. The highest BCUT2D eigenvalue weighted by Crippen LogP contribution is 2.32. The van der Waals surface area contributed by atoms with Crippen molar-refractivity contribution >= 4 is 29.1 Å². The molecule has 1 N–H and O–H groups in total. The number of likely N-dealkylation sites (tertiary alicyclic amines) is 1. The average molecular weight is 492 g/mol. The highest BCUT2D eigenvalue weighted by molar-refractivity contribution is 6.31. The molecule has 1 aliphatic rings. The third-order valence-corrected chi connectivity index (χ3v) is 6.40. The van der Waals surface area contributed by atoms with Crippen molar-refractivity contribution in [2.75, 3.05) is 19.6 Å². The number of nitrogens with zero attached hydrogens (tertiary/aromatic N) is 4. The second kappa shape index (κ2) is 9.84. The molecule has 1 aliphatic heterocycles. The van der Waals surface area contributed by atoms with Gasteiger partial charge >= 0.3 is 0 Å². The van der Waals surface area contributed by atoms with Gasteiger partial charge in [0.05, 0.1) is 16.9 Å². The van der Waals surface area contributed by atoms with E-state index in [-0.39, 0.29) is 16.8 Å². The molecule has 35 heavy (non-hydrogen) atoms. The van der Waals surface area contributed by atoms with Gasteiger partial charge in [0.1, 0.15) is 17.2 Å². The van der Waals surface area contributed by atoms with E-state index in [4.69, 9.17) is 11.6 Å². The number of pyridine rings is 2. The van der Waals surface area contributed by atoms with E-state index in [0.717, 1.165) is 24.1 Å². The first kappa shape index (κ1) is 23.0. The molecular formula is C26H23ClFN5O2. The first-order valence-electron chi connectivity index (χ1n) is 11.4. The van der Waals surface area contributed by atoms with Crippen molar-refractivity contribution in [1.82, 2.24) is 24.6 Å². The van der Waals surface area contributed by atoms with Crippen molar-refractivity contribution in [2.45, 2.75) is 19.3 Å². The Hall–Kier alpha value is -3.78. The lowest BCUT2D eigenvalue weighted by atomic mass is 10.0. The lowest BCUT2D eigenvalue weighted by Crippen LogP contribution is -2.31. The molecule has 0 aliphatic carbocycles. The summed E-state index contributed by atoms with van der Waals surface area (Å²) in [6.45, 7) is 1.91. The monoisotopic (exact) mass is 491 g/mol. The number of fused-ring (bicyclic) bond motifs is 1. The molecule has 2 amide bonds. The summed E-state index contributed by atoms with van der Waals surface area (Å²) in [6, 6.07) is 12.0. The Morgan fingerprint density at radius 2 is 2.00 bits per heavy atom. The van der Waals surface area contributed by atoms with E-state index in [2.05, 4.69) is 15.3 Å². The number of halogens is 2. The summed E-state index contributed by atoms with van der Waals surface area (Å²) >= 11 is 6.00. The van der Waals surface area contributed by atoms with Gasteiger partial charge in [-0.1, -0.05) is 17.7 Å². The van der Waals surface area contributed by atoms with Crippen molar-refractivity contribution in [3.8, 4) is 22.4 Å². The zero-order valence-corrected chi connectivity index (χ0v) is 19.6. The predicted octanol–water partition coefficient (Wildman–Crippen LogP) is 4.60. The molecule has 4 heterocycles. The second-order valence-electron chi connectivity index (χ2n) is 8.41. The number of carbonyl (C=O) groups is 2. The third-order valence-electron chi connectivity index (χ3n) is 6.11. The molecule has 4 aromatic rings. The van der Waals surface area contributed by atoms with Crippen LogP contribution in [0.5, 0.6) is 0 Å². The molecule has 0 radical (unpaired) electrons. The van der Waals surface area contributed by atoms with Crippen LogP contribution in [0, 0.1) is 5.82 Å². The molecule has 7 nitrogen and oxygen atoms in total. The van der Waals surface area contributed by atoms with Crippen molar-refractivity contribution in [3.05, 3.63) is 77.6 Å². The second-order valence-corrected chi connectivity index (χ2v) is 8.82. The van der Waals surface area contributed by atoms with Crippen LogP contribution in [-0.4, -0.2) is 50.7 Å². The van der Waals surface area contributed by atoms with Gasteiger partial charge in [-0.25, -0.2) is 9.37 Å². The molecule has 0 spiro atoms. The number of carbonyl (C=O) groups excluding carboxylic acids is 2. The van der Waals surface area contributed by atoms with E-state index in [0.29, 0.717) is 48.5 Å². The van der Waals surface area contributed by atoms with Crippen molar-refractivity contribution in [3.63, 3.8) is 0 Å². The van der Waals surface area contributed by atoms with Crippen LogP contribution in [-0.2, 0) is 4.79 Å². The van der Waals surface area contributed by atoms with E-state index in [1.54, 1.807) is 28.9 Å². The van der Waals surface area contributed by atoms with Crippen LogP contribution in [0.1, 0.15) is 29.8 Å². The lowest BCUT2D eigenvalue weighted by Gasteiger charge is -2.15. The maximum Gasteiger partial charge on any atom is 0.269 e. The van der Waals surface area contributed by atoms with Crippen molar-refractivity contribution < 1.29 is 14.0 Å². The van der Waals surface area contributed by atoms with E-state index < -0.39 is 5.82 Å². The van der Waals surface area contributed by atoms with Crippen LogP contribution in [0.2, 0.25) is 5.02 Å². The van der Waals surface area contributed by atoms with Gasteiger partial charge in [-0.05, 0) is 49.2 Å². The Bertz CT molecular complexity index is 1420. The van der Waals surface area contributed by atoms with Gasteiger partial charge in [-0.15, -0.1) is 0 Å². The molecule has 1 aromatic carbocycles. The molecule has 0 atom stereocenters. The minimum absolute atomic E-state index is 0.0252. The first-order chi connectivity index (χ1) is 17.0. The van der Waals surface area contributed by atoms with Crippen LogP contribution >= 0.6 is 11.6 Å². The molecule has 9 heteroatoms. The largest absolute Gasteiger partial charge is 0.351 e. The Morgan fingerprint density at radius 1 is 1.14 bits per heavy atom. The summed E-state index contributed by atoms with van der Waals surface area (Å²) in [7, 11) is 0. The number of amides is 2. The average Bonchev–Trinajstić information content (AvgIpc) is 3.49. The molecule has 3 aromatic heterocycles. The van der Waals surface area contributed by atoms with Crippen LogP contribution in [0.15, 0.2) is 61.1 Å². The van der Waals surface area contributed by atoms with E-state index >= 15 is 0 Å². The molecule has 0 unspecified atom stereocenters. The Labute approximate surface area is 206 Å². The molecular weight excluding hydrogens is 469 g/mol. The minimum Gasteiger partial charge on any atom is -0.351 e. The number of aromatic nitrogens is 3. The van der Waals surface area contributed by atoms with Crippen LogP contribution in [0.25, 0.3) is 28.0 Å². The van der Waals surface area contributed by atoms with E-state index in [9.17, 15) is 14.0 Å². The van der Waals surface area contributed by atoms with Gasteiger partial charge in [0.25, 0.3) is 5.91 Å². The standard InChI is InChI=1S/C26H23ClFN5O2/c27-20-14-17(6-8-21(20)28)25-19(4-1-10-29-25)18-7-9-23-31-15-22(33(23)16-18)26(35)30-11-3-13-32-12-2-5-24(32)34/h1,4,6-10,14-16H,2-3,5,11-13H2,(H,30,35). The smallest absolute Gasteiger partial charge is 0.269 e. The summed E-state index contributed by atoms with van der Waals surface area (Å²) in [5, 5.41) is 2.95. The zero-order chi connectivity index (χ0) is 24.4. The molecule has 0 bridgehead atoms. The summed E-state index contributed by atoms with van der Waals surface area (Å²) in [5.41, 5.74) is 4.02. The third kappa shape index (κ3) is 4.74. The Morgan fingerprint density at radius 3 is 2.80 bits per heavy atom. The van der Waals surface area contributed by atoms with E-state index in [1.807, 2.05) is 35.4 Å². The minimum atomic E-state index is -0.490. The lowest BCUT2D eigenvalue weighted by molar-refractivity contribution is -0.127. The maximum absolute atomic E-state index is 13.7. The fourth-order valence-corrected chi connectivity index (χ4v) is 4.50. The highest BCUT2D eigenvalue weighted by atomic mass is 35.5. The van der Waals surface area contributed by atoms with Crippen LogP contribution in [0.4, 0.5) is 4.39 Å². The summed E-state index contributed by atoms with van der Waals surface area (Å²) in [4.78, 5) is 35.3. The van der Waals surface area contributed by atoms with Gasteiger partial charge in [0.15, 0.2) is 0 Å². The molecule has 5 rings (SSSR count). The van der Waals surface area contributed by atoms with Gasteiger partial charge in [-0.2, -0.15) is 0 Å². The van der Waals surface area contributed by atoms with Crippen LogP contribution in [0.3, 0.4) is 0 Å². The number of imidazole rings is 1. The number of hydrogen-bond donors (Lipinski definition) is 1. The van der Waals surface area contributed by atoms with Gasteiger partial charge in [0.2, 0.25) is 5.91 Å². The molecule has 1 fully saturated rings. The van der Waals surface area contributed by atoms with Crippen molar-refractivity contribution in [2.24, 2.45) is 0 Å². The molecule has 1 saturated heterocycles. The quantitative estimate of drug-likeness (QED) is 0.383. The molecule has 0 saturated carbocycles. The summed E-state index contributed by atoms with van der Waals surface area (Å²) in [6.07, 6.45) is 7.26. The Kier molecular flexibility index (Phi) is 6.46. The normalized spacial score (nSPS) is 13.5. The maximum atomic E-state index is 13.7. The summed E-state index contributed by atoms with van der Waals surface area (Å²) in [5.74, 6) is -0.544.